The Morgan fingerprint density at radius 2 is 1.46 bits per heavy atom. The molecule has 0 fully saturated rings. The molecule has 0 atom stereocenters. The summed E-state index contributed by atoms with van der Waals surface area (Å²) in [6.45, 7) is 9.63. The van der Waals surface area contributed by atoms with Crippen molar-refractivity contribution in [3.05, 3.63) is 97.4 Å². The lowest BCUT2D eigenvalue weighted by Crippen LogP contribution is -2.24. The monoisotopic (exact) mass is 508 g/mol. The summed E-state index contributed by atoms with van der Waals surface area (Å²) in [6, 6.07) is 13.2. The number of carbonyl (C=O) groups is 2. The van der Waals surface area contributed by atoms with Gasteiger partial charge in [-0.15, -0.1) is 0 Å². The van der Waals surface area contributed by atoms with Gasteiger partial charge >= 0.3 is 5.97 Å². The number of carbonyl (C=O) groups excluding carboxylic acids is 2. The molecule has 0 unspecified atom stereocenters. The van der Waals surface area contributed by atoms with Crippen molar-refractivity contribution in [3.8, 4) is 5.69 Å². The highest BCUT2D eigenvalue weighted by molar-refractivity contribution is 6.34. The first-order chi connectivity index (χ1) is 16.5. The number of allylic oxidation sites excluding steroid dienone is 1. The lowest BCUT2D eigenvalue weighted by atomic mass is 10.0. The maximum atomic E-state index is 13.7. The Kier molecular flexibility index (Phi) is 6.67. The molecule has 0 bridgehead atoms. The van der Waals surface area contributed by atoms with E-state index in [2.05, 4.69) is 0 Å². The number of methoxy groups -OCH3 is 1. The third-order valence-corrected chi connectivity index (χ3v) is 6.57. The molecule has 5 nitrogen and oxygen atoms in total. The van der Waals surface area contributed by atoms with Crippen molar-refractivity contribution < 1.29 is 14.3 Å². The van der Waals surface area contributed by atoms with Gasteiger partial charge in [-0.05, 0) is 93.8 Å². The van der Waals surface area contributed by atoms with Crippen molar-refractivity contribution in [2.45, 2.75) is 34.6 Å². The molecular weight excluding hydrogens is 483 g/mol. The van der Waals surface area contributed by atoms with Crippen LogP contribution >= 0.6 is 23.2 Å². The molecule has 180 valence electrons. The molecule has 2 heterocycles. The SMILES string of the molecule is COC(=O)C1=C(C)N(c2cc(C)cc(C)c2)C(=O)/C1=C\c1cc(C)n(-c2cc(Cl)cc(Cl)c2)c1C. The van der Waals surface area contributed by atoms with Crippen molar-refractivity contribution in [1.29, 1.82) is 0 Å². The average molecular weight is 509 g/mol. The van der Waals surface area contributed by atoms with E-state index in [1.165, 1.54) is 7.11 Å². The van der Waals surface area contributed by atoms with Crippen molar-refractivity contribution in [2.24, 2.45) is 0 Å². The lowest BCUT2D eigenvalue weighted by Gasteiger charge is -2.19. The van der Waals surface area contributed by atoms with Crippen LogP contribution in [0.25, 0.3) is 11.8 Å². The van der Waals surface area contributed by atoms with E-state index < -0.39 is 5.97 Å². The fraction of sp³-hybridized carbons (Fsp3) is 0.214. The summed E-state index contributed by atoms with van der Waals surface area (Å²) in [7, 11) is 1.32. The van der Waals surface area contributed by atoms with E-state index in [4.69, 9.17) is 27.9 Å². The van der Waals surface area contributed by atoms with Crippen LogP contribution in [0, 0.1) is 27.7 Å². The van der Waals surface area contributed by atoms with Crippen LogP contribution in [-0.2, 0) is 14.3 Å². The number of aryl methyl sites for hydroxylation is 3. The maximum absolute atomic E-state index is 13.7. The number of aromatic nitrogens is 1. The number of anilines is 1. The summed E-state index contributed by atoms with van der Waals surface area (Å²) < 4.78 is 7.07. The van der Waals surface area contributed by atoms with E-state index in [1.54, 1.807) is 24.0 Å². The van der Waals surface area contributed by atoms with Gasteiger partial charge in [-0.2, -0.15) is 0 Å². The second kappa shape index (κ2) is 9.40. The van der Waals surface area contributed by atoms with Crippen molar-refractivity contribution in [1.82, 2.24) is 4.57 Å². The third kappa shape index (κ3) is 4.54. The molecule has 7 heteroatoms. The van der Waals surface area contributed by atoms with Crippen LogP contribution in [0.3, 0.4) is 0 Å². The van der Waals surface area contributed by atoms with Gasteiger partial charge in [0.15, 0.2) is 0 Å². The quantitative estimate of drug-likeness (QED) is 0.284. The van der Waals surface area contributed by atoms with Gasteiger partial charge in [0.1, 0.15) is 0 Å². The molecule has 0 N–H and O–H groups in total. The Morgan fingerprint density at radius 1 is 0.857 bits per heavy atom. The number of benzene rings is 2. The molecule has 1 aromatic heterocycles. The predicted octanol–water partition coefficient (Wildman–Crippen LogP) is 6.89. The zero-order chi connectivity index (χ0) is 25.6. The van der Waals surface area contributed by atoms with E-state index in [1.807, 2.05) is 68.7 Å². The summed E-state index contributed by atoms with van der Waals surface area (Å²) in [5.41, 5.74) is 7.29. The molecular formula is C28H26Cl2N2O3. The summed E-state index contributed by atoms with van der Waals surface area (Å²) >= 11 is 12.5. The zero-order valence-corrected chi connectivity index (χ0v) is 22.0. The zero-order valence-electron chi connectivity index (χ0n) is 20.5. The number of esters is 1. The molecule has 0 spiro atoms. The highest BCUT2D eigenvalue weighted by atomic mass is 35.5. The van der Waals surface area contributed by atoms with E-state index >= 15 is 0 Å². The normalized spacial score (nSPS) is 14.9. The van der Waals surface area contributed by atoms with Crippen LogP contribution in [0.15, 0.2) is 59.3 Å². The van der Waals surface area contributed by atoms with E-state index in [0.717, 1.165) is 33.8 Å². The minimum absolute atomic E-state index is 0.257. The average Bonchev–Trinajstić information content (AvgIpc) is 3.17. The third-order valence-electron chi connectivity index (χ3n) is 6.13. The molecule has 1 aliphatic heterocycles. The fourth-order valence-electron chi connectivity index (χ4n) is 4.73. The minimum atomic E-state index is -0.551. The Morgan fingerprint density at radius 3 is 2.03 bits per heavy atom. The van der Waals surface area contributed by atoms with E-state index in [-0.39, 0.29) is 17.1 Å². The number of ether oxygens (including phenoxy) is 1. The van der Waals surface area contributed by atoms with Crippen molar-refractivity contribution in [3.63, 3.8) is 0 Å². The molecule has 1 aliphatic rings. The van der Waals surface area contributed by atoms with Gasteiger partial charge in [0.2, 0.25) is 0 Å². The van der Waals surface area contributed by atoms with Gasteiger partial charge < -0.3 is 9.30 Å². The van der Waals surface area contributed by atoms with Crippen LogP contribution in [-0.4, -0.2) is 23.6 Å². The van der Waals surface area contributed by atoms with E-state index in [0.29, 0.717) is 21.4 Å². The van der Waals surface area contributed by atoms with Crippen LogP contribution in [0.1, 0.15) is 35.0 Å². The molecule has 4 rings (SSSR count). The van der Waals surface area contributed by atoms with Crippen LogP contribution < -0.4 is 4.90 Å². The van der Waals surface area contributed by atoms with Gasteiger partial charge in [0, 0.05) is 38.5 Å². The van der Waals surface area contributed by atoms with Crippen molar-refractivity contribution >= 4 is 46.8 Å². The number of hydrogen-bond acceptors (Lipinski definition) is 3. The Hall–Kier alpha value is -3.28. The van der Waals surface area contributed by atoms with Crippen LogP contribution in [0.2, 0.25) is 10.0 Å². The lowest BCUT2D eigenvalue weighted by molar-refractivity contribution is -0.136. The van der Waals surface area contributed by atoms with Crippen molar-refractivity contribution in [2.75, 3.05) is 12.0 Å². The first-order valence-corrected chi connectivity index (χ1v) is 11.9. The standard InChI is InChI=1S/C28H26Cl2N2O3/c1-15-7-16(2)9-23(8-15)32-19(5)26(28(34)35-6)25(27(32)33)11-20-10-17(3)31(18(20)4)24-13-21(29)12-22(30)14-24/h7-14H,1-6H3/b25-11-. The molecule has 0 saturated carbocycles. The van der Waals surface area contributed by atoms with Gasteiger partial charge in [0.25, 0.3) is 5.91 Å². The number of halogens is 2. The summed E-state index contributed by atoms with van der Waals surface area (Å²) in [6.07, 6.45) is 1.76. The Bertz CT molecular complexity index is 1410. The molecule has 0 saturated heterocycles. The molecule has 35 heavy (non-hydrogen) atoms. The number of amides is 1. The molecule has 0 aliphatic carbocycles. The first-order valence-electron chi connectivity index (χ1n) is 11.1. The highest BCUT2D eigenvalue weighted by Gasteiger charge is 2.38. The smallest absolute Gasteiger partial charge is 0.340 e. The van der Waals surface area contributed by atoms with Gasteiger partial charge in [-0.1, -0.05) is 29.3 Å². The Labute approximate surface area is 215 Å². The minimum Gasteiger partial charge on any atom is -0.465 e. The summed E-state index contributed by atoms with van der Waals surface area (Å²) in [5, 5.41) is 1.06. The first kappa shape index (κ1) is 24.8. The summed E-state index contributed by atoms with van der Waals surface area (Å²) in [4.78, 5) is 28.1. The van der Waals surface area contributed by atoms with E-state index in [9.17, 15) is 9.59 Å². The van der Waals surface area contributed by atoms with Gasteiger partial charge in [0.05, 0.1) is 18.3 Å². The number of hydrogen-bond donors (Lipinski definition) is 0. The molecule has 0 radical (unpaired) electrons. The number of nitrogens with zero attached hydrogens (tertiary/aromatic N) is 2. The second-order valence-electron chi connectivity index (χ2n) is 8.79. The maximum Gasteiger partial charge on any atom is 0.340 e. The highest BCUT2D eigenvalue weighted by Crippen LogP contribution is 2.37. The molecule has 3 aromatic rings. The van der Waals surface area contributed by atoms with Gasteiger partial charge in [-0.3, -0.25) is 9.69 Å². The van der Waals surface area contributed by atoms with Gasteiger partial charge in [-0.25, -0.2) is 4.79 Å². The molecule has 2 aromatic carbocycles. The molecule has 1 amide bonds. The fourth-order valence-corrected chi connectivity index (χ4v) is 5.24. The second-order valence-corrected chi connectivity index (χ2v) is 9.66. The number of rotatable bonds is 4. The van der Waals surface area contributed by atoms with Crippen LogP contribution in [0.4, 0.5) is 5.69 Å². The Balaban J connectivity index is 1.87. The topological polar surface area (TPSA) is 51.5 Å². The predicted molar refractivity (Wildman–Crippen MR) is 141 cm³/mol. The largest absolute Gasteiger partial charge is 0.465 e. The van der Waals surface area contributed by atoms with Crippen LogP contribution in [0.5, 0.6) is 0 Å². The summed E-state index contributed by atoms with van der Waals surface area (Å²) in [5.74, 6) is -0.826.